The van der Waals surface area contributed by atoms with E-state index < -0.39 is 15.9 Å². The number of hydrogen-bond acceptors (Lipinski definition) is 5. The van der Waals surface area contributed by atoms with Crippen LogP contribution in [-0.4, -0.2) is 36.9 Å². The average Bonchev–Trinajstić information content (AvgIpc) is 3.06. The summed E-state index contributed by atoms with van der Waals surface area (Å²) in [5.41, 5.74) is 0.766. The van der Waals surface area contributed by atoms with E-state index in [4.69, 9.17) is 0 Å². The Morgan fingerprint density at radius 3 is 2.60 bits per heavy atom. The van der Waals surface area contributed by atoms with Crippen molar-refractivity contribution >= 4 is 27.8 Å². The highest BCUT2D eigenvalue weighted by molar-refractivity contribution is 7.92. The lowest BCUT2D eigenvalue weighted by Gasteiger charge is -2.21. The van der Waals surface area contributed by atoms with Crippen LogP contribution in [0.15, 0.2) is 52.6 Å². The molecule has 0 saturated heterocycles. The fraction of sp³-hybridized carbons (Fsp3) is 0.294. The molecule has 0 bridgehead atoms. The van der Waals surface area contributed by atoms with Crippen molar-refractivity contribution in [2.75, 3.05) is 18.4 Å². The van der Waals surface area contributed by atoms with Crippen molar-refractivity contribution < 1.29 is 17.7 Å². The molecule has 0 radical (unpaired) electrons. The van der Waals surface area contributed by atoms with Crippen molar-refractivity contribution in [1.82, 2.24) is 9.46 Å². The van der Waals surface area contributed by atoms with Gasteiger partial charge in [-0.1, -0.05) is 49.3 Å². The molecule has 134 valence electrons. The van der Waals surface area contributed by atoms with E-state index in [-0.39, 0.29) is 24.8 Å². The highest BCUT2D eigenvalue weighted by Crippen LogP contribution is 2.11. The zero-order valence-corrected chi connectivity index (χ0v) is 14.9. The normalized spacial score (nSPS) is 12.2. The van der Waals surface area contributed by atoms with Crippen LogP contribution in [0.4, 0.5) is 5.82 Å². The Bertz CT molecular complexity index is 800. The molecule has 2 rings (SSSR count). The van der Waals surface area contributed by atoms with Gasteiger partial charge in [-0.15, -0.1) is 0 Å². The second-order valence-electron chi connectivity index (χ2n) is 5.88. The lowest BCUT2D eigenvalue weighted by molar-refractivity contribution is -0.116. The number of carbonyl (C=O) groups is 1. The molecule has 2 aromatic rings. The van der Waals surface area contributed by atoms with Crippen LogP contribution in [-0.2, 0) is 14.8 Å². The van der Waals surface area contributed by atoms with Crippen molar-refractivity contribution in [2.24, 2.45) is 5.92 Å². The molecule has 0 aliphatic heterocycles. The van der Waals surface area contributed by atoms with Crippen LogP contribution in [0.25, 0.3) is 6.08 Å². The Hall–Kier alpha value is -2.45. The molecule has 25 heavy (non-hydrogen) atoms. The molecule has 1 amide bonds. The number of anilines is 1. The molecule has 1 heterocycles. The van der Waals surface area contributed by atoms with E-state index in [1.807, 2.05) is 32.0 Å². The van der Waals surface area contributed by atoms with E-state index in [1.165, 1.54) is 18.4 Å². The monoisotopic (exact) mass is 363 g/mol. The van der Waals surface area contributed by atoms with Crippen LogP contribution in [0.1, 0.15) is 19.4 Å². The Balaban J connectivity index is 2.11. The third-order valence-corrected chi connectivity index (χ3v) is 4.66. The molecule has 0 spiro atoms. The fourth-order valence-electron chi connectivity index (χ4n) is 2.10. The lowest BCUT2D eigenvalue weighted by atomic mass is 10.2. The maximum atomic E-state index is 12.6. The third-order valence-electron chi connectivity index (χ3n) is 3.19. The van der Waals surface area contributed by atoms with Gasteiger partial charge >= 0.3 is 0 Å². The van der Waals surface area contributed by atoms with Gasteiger partial charge in [-0.2, -0.15) is 4.31 Å². The van der Waals surface area contributed by atoms with Crippen LogP contribution < -0.4 is 5.32 Å². The summed E-state index contributed by atoms with van der Waals surface area (Å²) in [5.74, 6) is -0.169. The van der Waals surface area contributed by atoms with Crippen LogP contribution in [0.5, 0.6) is 0 Å². The fourth-order valence-corrected chi connectivity index (χ4v) is 3.40. The van der Waals surface area contributed by atoms with E-state index in [1.54, 1.807) is 12.1 Å². The zero-order chi connectivity index (χ0) is 18.3. The van der Waals surface area contributed by atoms with Crippen LogP contribution in [0.2, 0.25) is 0 Å². The van der Waals surface area contributed by atoms with Crippen LogP contribution in [0.3, 0.4) is 0 Å². The van der Waals surface area contributed by atoms with Crippen molar-refractivity contribution in [1.29, 1.82) is 0 Å². The Morgan fingerprint density at radius 2 is 2.00 bits per heavy atom. The molecule has 1 aromatic heterocycles. The smallest absolute Gasteiger partial charge is 0.240 e. The largest absolute Gasteiger partial charge is 0.363 e. The van der Waals surface area contributed by atoms with Crippen LogP contribution in [0, 0.1) is 5.92 Å². The Labute approximate surface area is 147 Å². The van der Waals surface area contributed by atoms with E-state index in [9.17, 15) is 13.2 Å². The molecule has 1 N–H and O–H groups in total. The molecule has 0 fully saturated rings. The highest BCUT2D eigenvalue weighted by Gasteiger charge is 2.23. The number of aromatic nitrogens is 1. The maximum Gasteiger partial charge on any atom is 0.240 e. The summed E-state index contributed by atoms with van der Waals surface area (Å²) in [6, 6.07) is 10.6. The summed E-state index contributed by atoms with van der Waals surface area (Å²) < 4.78 is 31.0. The van der Waals surface area contributed by atoms with Crippen LogP contribution >= 0.6 is 0 Å². The minimum absolute atomic E-state index is 0.0692. The van der Waals surface area contributed by atoms with Gasteiger partial charge in [0.2, 0.25) is 15.9 Å². The average molecular weight is 363 g/mol. The molecule has 7 nitrogen and oxygen atoms in total. The first kappa shape index (κ1) is 18.9. The number of carbonyl (C=O) groups excluding carboxylic acids is 1. The minimum atomic E-state index is -3.74. The SMILES string of the molecule is CC(C)CN(CC(=O)Nc1ccon1)S(=O)(=O)C=Cc1ccccc1. The topological polar surface area (TPSA) is 92.5 Å². The summed E-state index contributed by atoms with van der Waals surface area (Å²) >= 11 is 0. The third kappa shape index (κ3) is 6.17. The number of nitrogens with one attached hydrogen (secondary N) is 1. The molecule has 0 atom stereocenters. The second kappa shape index (κ2) is 8.59. The standard InChI is InChI=1S/C17H21N3O4S/c1-14(2)12-20(13-17(21)18-16-8-10-24-19-16)25(22,23)11-9-15-6-4-3-5-7-15/h3-11,14H,12-13H2,1-2H3,(H,18,19,21). The van der Waals surface area contributed by atoms with Crippen molar-refractivity contribution in [3.05, 3.63) is 53.6 Å². The van der Waals surface area contributed by atoms with Crippen molar-refractivity contribution in [3.63, 3.8) is 0 Å². The van der Waals surface area contributed by atoms with Gasteiger partial charge in [-0.25, -0.2) is 8.42 Å². The molecular weight excluding hydrogens is 342 g/mol. The summed E-state index contributed by atoms with van der Waals surface area (Å²) in [4.78, 5) is 12.1. The number of benzene rings is 1. The predicted octanol–water partition coefficient (Wildman–Crippen LogP) is 2.57. The first-order chi connectivity index (χ1) is 11.9. The van der Waals surface area contributed by atoms with Crippen molar-refractivity contribution in [2.45, 2.75) is 13.8 Å². The lowest BCUT2D eigenvalue weighted by Crippen LogP contribution is -2.39. The maximum absolute atomic E-state index is 12.6. The van der Waals surface area contributed by atoms with Gasteiger partial charge in [0.1, 0.15) is 6.26 Å². The van der Waals surface area contributed by atoms with E-state index in [2.05, 4.69) is 15.0 Å². The number of hydrogen-bond donors (Lipinski definition) is 1. The van der Waals surface area contributed by atoms with Crippen molar-refractivity contribution in [3.8, 4) is 0 Å². The van der Waals surface area contributed by atoms with E-state index >= 15 is 0 Å². The molecule has 0 unspecified atom stereocenters. The van der Waals surface area contributed by atoms with Gasteiger partial charge in [0.25, 0.3) is 0 Å². The minimum Gasteiger partial charge on any atom is -0.363 e. The number of sulfonamides is 1. The van der Waals surface area contributed by atoms with Gasteiger partial charge in [-0.3, -0.25) is 4.79 Å². The van der Waals surface area contributed by atoms with Gasteiger partial charge < -0.3 is 9.84 Å². The van der Waals surface area contributed by atoms with E-state index in [0.717, 1.165) is 15.3 Å². The molecule has 0 saturated carbocycles. The molecule has 8 heteroatoms. The first-order valence-electron chi connectivity index (χ1n) is 7.80. The Kier molecular flexibility index (Phi) is 6.49. The van der Waals surface area contributed by atoms with Gasteiger partial charge in [0.05, 0.1) is 6.54 Å². The molecule has 0 aliphatic rings. The molecule has 1 aromatic carbocycles. The molecular formula is C17H21N3O4S. The summed E-state index contributed by atoms with van der Waals surface area (Å²) in [5, 5.41) is 7.19. The first-order valence-corrected chi connectivity index (χ1v) is 9.30. The quantitative estimate of drug-likeness (QED) is 0.778. The molecule has 0 aliphatic carbocycles. The summed E-state index contributed by atoms with van der Waals surface area (Å²) in [6.07, 6.45) is 2.83. The Morgan fingerprint density at radius 1 is 1.28 bits per heavy atom. The second-order valence-corrected chi connectivity index (χ2v) is 7.70. The summed E-state index contributed by atoms with van der Waals surface area (Å²) in [6.45, 7) is 3.71. The van der Waals surface area contributed by atoms with Gasteiger partial charge in [0.15, 0.2) is 5.82 Å². The predicted molar refractivity (Wildman–Crippen MR) is 95.9 cm³/mol. The highest BCUT2D eigenvalue weighted by atomic mass is 32.2. The number of nitrogens with zero attached hydrogens (tertiary/aromatic N) is 2. The summed E-state index contributed by atoms with van der Waals surface area (Å²) in [7, 11) is -3.74. The number of rotatable bonds is 8. The number of amides is 1. The van der Waals surface area contributed by atoms with Gasteiger partial charge in [-0.05, 0) is 17.6 Å². The zero-order valence-electron chi connectivity index (χ0n) is 14.1. The van der Waals surface area contributed by atoms with E-state index in [0.29, 0.717) is 0 Å². The van der Waals surface area contributed by atoms with Gasteiger partial charge in [0, 0.05) is 18.0 Å².